The maximum atomic E-state index is 5.61. The van der Waals surface area contributed by atoms with E-state index in [9.17, 15) is 0 Å². The van der Waals surface area contributed by atoms with Crippen molar-refractivity contribution >= 4 is 16.8 Å². The van der Waals surface area contributed by atoms with Crippen molar-refractivity contribution in [3.63, 3.8) is 0 Å². The molecule has 8 heteroatoms. The van der Waals surface area contributed by atoms with Gasteiger partial charge in [0.1, 0.15) is 11.8 Å². The number of rotatable bonds is 2. The summed E-state index contributed by atoms with van der Waals surface area (Å²) in [7, 11) is 0. The fourth-order valence-electron chi connectivity index (χ4n) is 2.16. The fraction of sp³-hybridized carbons (Fsp3) is 0.0833. The molecule has 3 N–H and O–H groups in total. The van der Waals surface area contributed by atoms with E-state index >= 15 is 0 Å². The molecule has 0 aliphatic rings. The van der Waals surface area contributed by atoms with Gasteiger partial charge in [0.2, 0.25) is 0 Å². The minimum atomic E-state index is 0.383. The lowest BCUT2D eigenvalue weighted by Gasteiger charge is -2.01. The van der Waals surface area contributed by atoms with Gasteiger partial charge in [0, 0.05) is 18.3 Å². The van der Waals surface area contributed by atoms with Gasteiger partial charge >= 0.3 is 0 Å². The zero-order chi connectivity index (χ0) is 13.5. The van der Waals surface area contributed by atoms with E-state index in [-0.39, 0.29) is 0 Å². The Bertz CT molecular complexity index is 906. The molecule has 0 bridgehead atoms. The number of hydrogen-bond acceptors (Lipinski definition) is 6. The lowest BCUT2D eigenvalue weighted by atomic mass is 10.2. The first-order valence-electron chi connectivity index (χ1n) is 6.05. The summed E-state index contributed by atoms with van der Waals surface area (Å²) >= 11 is 0. The Morgan fingerprint density at radius 2 is 2.15 bits per heavy atom. The number of pyridine rings is 1. The number of nitrogens with two attached hydrogens (primary N) is 1. The Hall–Kier alpha value is -2.87. The topological polar surface area (TPSA) is 111 Å². The second-order valence-electron chi connectivity index (χ2n) is 4.30. The van der Waals surface area contributed by atoms with E-state index in [2.05, 4.69) is 30.1 Å². The van der Waals surface area contributed by atoms with Crippen LogP contribution in [0.25, 0.3) is 28.2 Å². The third-order valence-electron chi connectivity index (χ3n) is 3.12. The number of fused-ring (bicyclic) bond motifs is 3. The van der Waals surface area contributed by atoms with Crippen LogP contribution in [-0.2, 0) is 6.54 Å². The van der Waals surface area contributed by atoms with E-state index in [0.717, 1.165) is 16.8 Å². The zero-order valence-corrected chi connectivity index (χ0v) is 10.4. The van der Waals surface area contributed by atoms with Crippen LogP contribution in [0, 0.1) is 0 Å². The van der Waals surface area contributed by atoms with Crippen molar-refractivity contribution in [2.75, 3.05) is 0 Å². The van der Waals surface area contributed by atoms with Gasteiger partial charge in [-0.3, -0.25) is 9.38 Å². The molecule has 8 nitrogen and oxygen atoms in total. The van der Waals surface area contributed by atoms with Gasteiger partial charge in [-0.05, 0) is 12.1 Å². The van der Waals surface area contributed by atoms with Crippen LogP contribution in [0.5, 0.6) is 0 Å². The number of H-pyrrole nitrogens is 1. The largest absolute Gasteiger partial charge is 0.340 e. The van der Waals surface area contributed by atoms with Gasteiger partial charge in [0.25, 0.3) is 0 Å². The first kappa shape index (κ1) is 11.0. The van der Waals surface area contributed by atoms with E-state index in [1.165, 1.54) is 0 Å². The second kappa shape index (κ2) is 4.07. The molecule has 4 rings (SSSR count). The maximum absolute atomic E-state index is 5.61. The highest BCUT2D eigenvalue weighted by Gasteiger charge is 2.12. The maximum Gasteiger partial charge on any atom is 0.190 e. The first-order chi connectivity index (χ1) is 9.86. The number of hydrogen-bond donors (Lipinski definition) is 2. The molecule has 4 heterocycles. The Balaban J connectivity index is 1.99. The van der Waals surface area contributed by atoms with E-state index in [1.807, 2.05) is 16.5 Å². The standard InChI is InChI=1S/C12H10N8/c13-4-8-3-7(1-2-14-8)11-18-19-12-9-10(16-5-15-9)17-6-20(11)12/h1-3,5-6H,4,13H2,(H,15,16). The van der Waals surface area contributed by atoms with E-state index in [4.69, 9.17) is 5.73 Å². The molecule has 98 valence electrons. The lowest BCUT2D eigenvalue weighted by molar-refractivity contribution is 0.986. The predicted molar refractivity (Wildman–Crippen MR) is 71.6 cm³/mol. The number of nitrogens with one attached hydrogen (secondary N) is 1. The SMILES string of the molecule is NCc1cc(-c2nnc3c4[nH]cnc4ncn23)ccn1. The van der Waals surface area contributed by atoms with Gasteiger partial charge in [0.15, 0.2) is 17.1 Å². The minimum Gasteiger partial charge on any atom is -0.340 e. The van der Waals surface area contributed by atoms with Gasteiger partial charge in [-0.1, -0.05) is 0 Å². The lowest BCUT2D eigenvalue weighted by Crippen LogP contribution is -2.00. The van der Waals surface area contributed by atoms with Crippen molar-refractivity contribution < 1.29 is 0 Å². The third-order valence-corrected chi connectivity index (χ3v) is 3.12. The Kier molecular flexibility index (Phi) is 2.24. The van der Waals surface area contributed by atoms with Crippen molar-refractivity contribution in [2.24, 2.45) is 5.73 Å². The highest BCUT2D eigenvalue weighted by atomic mass is 15.3. The molecule has 4 aromatic rings. The van der Waals surface area contributed by atoms with Gasteiger partial charge in [-0.15, -0.1) is 10.2 Å². The molecule has 0 aliphatic carbocycles. The summed E-state index contributed by atoms with van der Waals surface area (Å²) in [5.41, 5.74) is 9.38. The molecular formula is C12H10N8. The van der Waals surface area contributed by atoms with Crippen molar-refractivity contribution in [1.82, 2.24) is 34.5 Å². The van der Waals surface area contributed by atoms with Crippen LogP contribution in [0.1, 0.15) is 5.69 Å². The monoisotopic (exact) mass is 266 g/mol. The van der Waals surface area contributed by atoms with Crippen LogP contribution in [-0.4, -0.2) is 34.5 Å². The van der Waals surface area contributed by atoms with Gasteiger partial charge in [-0.25, -0.2) is 9.97 Å². The summed E-state index contributed by atoms with van der Waals surface area (Å²) in [6, 6.07) is 3.76. The molecular weight excluding hydrogens is 256 g/mol. The molecule has 4 aromatic heterocycles. The predicted octanol–water partition coefficient (Wildman–Crippen LogP) is 0.521. The van der Waals surface area contributed by atoms with Crippen LogP contribution in [0.3, 0.4) is 0 Å². The summed E-state index contributed by atoms with van der Waals surface area (Å²) in [6.07, 6.45) is 4.96. The minimum absolute atomic E-state index is 0.383. The quantitative estimate of drug-likeness (QED) is 0.547. The van der Waals surface area contributed by atoms with Gasteiger partial charge in [0.05, 0.1) is 12.0 Å². The molecule has 0 saturated heterocycles. The number of aromatic amines is 1. The van der Waals surface area contributed by atoms with E-state index < -0.39 is 0 Å². The van der Waals surface area contributed by atoms with E-state index in [1.54, 1.807) is 18.9 Å². The van der Waals surface area contributed by atoms with Crippen LogP contribution in [0.2, 0.25) is 0 Å². The van der Waals surface area contributed by atoms with Crippen LogP contribution in [0.15, 0.2) is 31.0 Å². The van der Waals surface area contributed by atoms with Crippen LogP contribution in [0.4, 0.5) is 0 Å². The Labute approximate surface area is 112 Å². The van der Waals surface area contributed by atoms with Crippen molar-refractivity contribution in [3.8, 4) is 11.4 Å². The third kappa shape index (κ3) is 1.48. The molecule has 0 atom stereocenters. The summed E-state index contributed by atoms with van der Waals surface area (Å²) in [6.45, 7) is 0.383. The summed E-state index contributed by atoms with van der Waals surface area (Å²) in [4.78, 5) is 15.6. The zero-order valence-electron chi connectivity index (χ0n) is 10.4. The van der Waals surface area contributed by atoms with E-state index in [0.29, 0.717) is 23.7 Å². The normalized spacial score (nSPS) is 11.4. The molecule has 0 amide bonds. The highest BCUT2D eigenvalue weighted by Crippen LogP contribution is 2.20. The fourth-order valence-corrected chi connectivity index (χ4v) is 2.16. The number of aromatic nitrogens is 7. The van der Waals surface area contributed by atoms with Gasteiger partial charge < -0.3 is 10.7 Å². The van der Waals surface area contributed by atoms with Crippen molar-refractivity contribution in [2.45, 2.75) is 6.54 Å². The molecule has 0 aliphatic heterocycles. The smallest absolute Gasteiger partial charge is 0.190 e. The average Bonchev–Trinajstić information content (AvgIpc) is 3.12. The Morgan fingerprint density at radius 3 is 3.05 bits per heavy atom. The first-order valence-corrected chi connectivity index (χ1v) is 6.05. The highest BCUT2D eigenvalue weighted by molar-refractivity contribution is 5.85. The van der Waals surface area contributed by atoms with Gasteiger partial charge in [-0.2, -0.15) is 0 Å². The molecule has 0 saturated carbocycles. The molecule has 0 fully saturated rings. The average molecular weight is 266 g/mol. The molecule has 0 spiro atoms. The molecule has 20 heavy (non-hydrogen) atoms. The Morgan fingerprint density at radius 1 is 1.20 bits per heavy atom. The van der Waals surface area contributed by atoms with Crippen LogP contribution < -0.4 is 5.73 Å². The summed E-state index contributed by atoms with van der Waals surface area (Å²) in [5.74, 6) is 0.695. The van der Waals surface area contributed by atoms with Crippen LogP contribution >= 0.6 is 0 Å². The number of nitrogens with zero attached hydrogens (tertiary/aromatic N) is 6. The molecule has 0 unspecified atom stereocenters. The van der Waals surface area contributed by atoms with Crippen molar-refractivity contribution in [1.29, 1.82) is 0 Å². The molecule has 0 aromatic carbocycles. The summed E-state index contributed by atoms with van der Waals surface area (Å²) < 4.78 is 1.82. The number of imidazole rings is 1. The molecule has 0 radical (unpaired) electrons. The summed E-state index contributed by atoms with van der Waals surface area (Å²) in [5, 5.41) is 8.43. The second-order valence-corrected chi connectivity index (χ2v) is 4.30. The van der Waals surface area contributed by atoms with Crippen molar-refractivity contribution in [3.05, 3.63) is 36.7 Å².